The third-order valence-corrected chi connectivity index (χ3v) is 6.52. The molecule has 0 amide bonds. The molecule has 0 heterocycles. The van der Waals surface area contributed by atoms with Crippen LogP contribution in [0.2, 0.25) is 0 Å². The number of carboxylic acids is 1. The average molecular weight is 362 g/mol. The number of carboxylic acid groups (broad SMARTS) is 1. The SMILES string of the molecule is O=C(O)CCC=C1C[C@@H]2[C@@H](C#C[C@@H](O)C3CCCCC3)[C@H](O)CC[C@]12O. The first kappa shape index (κ1) is 19.4. The Morgan fingerprint density at radius 3 is 2.69 bits per heavy atom. The number of carbonyl (C=O) groups is 1. The van der Waals surface area contributed by atoms with Crippen LogP contribution in [0.4, 0.5) is 0 Å². The van der Waals surface area contributed by atoms with E-state index < -0.39 is 23.8 Å². The highest BCUT2D eigenvalue weighted by Gasteiger charge is 2.56. The van der Waals surface area contributed by atoms with E-state index in [1.807, 2.05) is 6.08 Å². The van der Waals surface area contributed by atoms with Gasteiger partial charge in [-0.05, 0) is 50.0 Å². The molecule has 3 aliphatic carbocycles. The molecule has 0 aromatic heterocycles. The van der Waals surface area contributed by atoms with E-state index in [1.54, 1.807) is 0 Å². The summed E-state index contributed by atoms with van der Waals surface area (Å²) < 4.78 is 0. The molecule has 0 aromatic carbocycles. The van der Waals surface area contributed by atoms with Crippen LogP contribution in [0.1, 0.15) is 64.2 Å². The van der Waals surface area contributed by atoms with Gasteiger partial charge in [0, 0.05) is 12.3 Å². The first-order valence-electron chi connectivity index (χ1n) is 9.92. The average Bonchev–Trinajstić information content (AvgIpc) is 2.63. The summed E-state index contributed by atoms with van der Waals surface area (Å²) in [4.78, 5) is 10.7. The number of fused-ring (bicyclic) bond motifs is 1. The summed E-state index contributed by atoms with van der Waals surface area (Å²) in [6.45, 7) is 0. The minimum atomic E-state index is -0.965. The van der Waals surface area contributed by atoms with Gasteiger partial charge in [-0.2, -0.15) is 0 Å². The van der Waals surface area contributed by atoms with Gasteiger partial charge in [-0.1, -0.05) is 37.2 Å². The normalized spacial score (nSPS) is 37.2. The maximum atomic E-state index is 11.0. The summed E-state index contributed by atoms with van der Waals surface area (Å²) in [6.07, 6.45) is 8.21. The summed E-state index contributed by atoms with van der Waals surface area (Å²) in [5, 5.41) is 40.5. The fourth-order valence-electron chi connectivity index (χ4n) is 4.85. The minimum absolute atomic E-state index is 0.0592. The Morgan fingerprint density at radius 1 is 1.27 bits per heavy atom. The van der Waals surface area contributed by atoms with Gasteiger partial charge >= 0.3 is 5.97 Å². The zero-order valence-electron chi connectivity index (χ0n) is 15.2. The molecule has 0 aromatic rings. The van der Waals surface area contributed by atoms with Crippen molar-refractivity contribution in [3.8, 4) is 11.8 Å². The van der Waals surface area contributed by atoms with Crippen LogP contribution in [-0.4, -0.2) is 44.2 Å². The van der Waals surface area contributed by atoms with Crippen molar-refractivity contribution in [1.29, 1.82) is 0 Å². The van der Waals surface area contributed by atoms with Crippen LogP contribution in [0.3, 0.4) is 0 Å². The second-order valence-corrected chi connectivity index (χ2v) is 8.16. The quantitative estimate of drug-likeness (QED) is 0.454. The van der Waals surface area contributed by atoms with E-state index in [1.165, 1.54) is 6.42 Å². The molecule has 4 N–H and O–H groups in total. The molecule has 0 radical (unpaired) electrons. The van der Waals surface area contributed by atoms with Gasteiger partial charge in [-0.15, -0.1) is 0 Å². The van der Waals surface area contributed by atoms with E-state index >= 15 is 0 Å². The van der Waals surface area contributed by atoms with Crippen LogP contribution in [0, 0.1) is 29.6 Å². The van der Waals surface area contributed by atoms with E-state index in [-0.39, 0.29) is 24.2 Å². The maximum absolute atomic E-state index is 11.0. The highest BCUT2D eigenvalue weighted by atomic mass is 16.4. The highest BCUT2D eigenvalue weighted by molar-refractivity contribution is 5.66. The molecule has 0 spiro atoms. The number of allylic oxidation sites excluding steroid dienone is 1. The van der Waals surface area contributed by atoms with Gasteiger partial charge < -0.3 is 20.4 Å². The Kier molecular flexibility index (Phi) is 6.06. The molecule has 3 fully saturated rings. The number of hydrogen-bond acceptors (Lipinski definition) is 4. The van der Waals surface area contributed by atoms with Crippen molar-refractivity contribution in [2.45, 2.75) is 82.0 Å². The predicted octanol–water partition coefficient (Wildman–Crippen LogP) is 2.24. The van der Waals surface area contributed by atoms with Gasteiger partial charge in [-0.3, -0.25) is 4.79 Å². The Morgan fingerprint density at radius 2 is 2.00 bits per heavy atom. The van der Waals surface area contributed by atoms with E-state index in [0.29, 0.717) is 25.7 Å². The molecule has 5 heteroatoms. The molecule has 3 aliphatic rings. The monoisotopic (exact) mass is 362 g/mol. The zero-order valence-corrected chi connectivity index (χ0v) is 15.2. The summed E-state index contributed by atoms with van der Waals surface area (Å²) in [6, 6.07) is 0. The maximum Gasteiger partial charge on any atom is 0.303 e. The molecular formula is C21H30O5. The molecule has 0 unspecified atom stereocenters. The number of aliphatic hydroxyl groups is 3. The van der Waals surface area contributed by atoms with Crippen molar-refractivity contribution in [2.24, 2.45) is 17.8 Å². The number of aliphatic carboxylic acids is 1. The number of rotatable bonds is 4. The molecule has 144 valence electrons. The predicted molar refractivity (Wildman–Crippen MR) is 97.1 cm³/mol. The van der Waals surface area contributed by atoms with Crippen LogP contribution in [-0.2, 0) is 4.79 Å². The van der Waals surface area contributed by atoms with Crippen molar-refractivity contribution < 1.29 is 25.2 Å². The van der Waals surface area contributed by atoms with Crippen LogP contribution >= 0.6 is 0 Å². The van der Waals surface area contributed by atoms with E-state index in [4.69, 9.17) is 5.11 Å². The largest absolute Gasteiger partial charge is 0.481 e. The number of hydrogen-bond donors (Lipinski definition) is 4. The molecule has 5 nitrogen and oxygen atoms in total. The van der Waals surface area contributed by atoms with E-state index in [9.17, 15) is 20.1 Å². The Balaban J connectivity index is 1.65. The van der Waals surface area contributed by atoms with Gasteiger partial charge in [-0.25, -0.2) is 0 Å². The molecule has 0 bridgehead atoms. The Bertz CT molecular complexity index is 610. The lowest BCUT2D eigenvalue weighted by atomic mass is 9.53. The van der Waals surface area contributed by atoms with Crippen molar-refractivity contribution in [3.05, 3.63) is 11.6 Å². The topological polar surface area (TPSA) is 98.0 Å². The molecule has 5 atom stereocenters. The fourth-order valence-corrected chi connectivity index (χ4v) is 4.85. The summed E-state index contributed by atoms with van der Waals surface area (Å²) in [5.41, 5.74) is -0.0809. The second-order valence-electron chi connectivity index (χ2n) is 8.16. The van der Waals surface area contributed by atoms with Gasteiger partial charge in [0.05, 0.1) is 17.6 Å². The molecule has 3 saturated carbocycles. The van der Waals surface area contributed by atoms with E-state index in [0.717, 1.165) is 31.3 Å². The van der Waals surface area contributed by atoms with Gasteiger partial charge in [0.15, 0.2) is 0 Å². The first-order valence-corrected chi connectivity index (χ1v) is 9.92. The Labute approximate surface area is 155 Å². The lowest BCUT2D eigenvalue weighted by Crippen LogP contribution is -2.58. The summed E-state index contributed by atoms with van der Waals surface area (Å²) in [5.74, 6) is 4.97. The lowest BCUT2D eigenvalue weighted by Gasteiger charge is -2.55. The van der Waals surface area contributed by atoms with Crippen molar-refractivity contribution in [2.75, 3.05) is 0 Å². The van der Waals surface area contributed by atoms with Gasteiger partial charge in [0.1, 0.15) is 6.10 Å². The fraction of sp³-hybridized carbons (Fsp3) is 0.762. The molecule has 26 heavy (non-hydrogen) atoms. The van der Waals surface area contributed by atoms with Crippen LogP contribution in [0.25, 0.3) is 0 Å². The summed E-state index contributed by atoms with van der Waals surface area (Å²) in [7, 11) is 0. The van der Waals surface area contributed by atoms with Crippen molar-refractivity contribution in [1.82, 2.24) is 0 Å². The smallest absolute Gasteiger partial charge is 0.303 e. The molecule has 0 aliphatic heterocycles. The first-order chi connectivity index (χ1) is 12.4. The van der Waals surface area contributed by atoms with E-state index in [2.05, 4.69) is 11.8 Å². The summed E-state index contributed by atoms with van der Waals surface area (Å²) >= 11 is 0. The minimum Gasteiger partial charge on any atom is -0.481 e. The number of aliphatic hydroxyl groups excluding tert-OH is 2. The molecule has 0 saturated heterocycles. The third kappa shape index (κ3) is 3.98. The van der Waals surface area contributed by atoms with Crippen LogP contribution in [0.15, 0.2) is 11.6 Å². The van der Waals surface area contributed by atoms with Crippen LogP contribution < -0.4 is 0 Å². The lowest BCUT2D eigenvalue weighted by molar-refractivity contribution is -0.137. The molecular weight excluding hydrogens is 332 g/mol. The standard InChI is InChI=1S/C21H30O5/c22-18(14-5-2-1-3-6-14)10-9-16-17-13-15(7-4-8-20(24)25)21(17,26)12-11-19(16)23/h7,14,16-19,22-23,26H,1-6,8,11-13H2,(H,24,25)/t16-,17-,18-,19-,21+/m1/s1. The second kappa shape index (κ2) is 8.12. The van der Waals surface area contributed by atoms with Crippen molar-refractivity contribution in [3.63, 3.8) is 0 Å². The Hall–Kier alpha value is -1.35. The molecule has 3 rings (SSSR count). The zero-order chi connectivity index (χ0) is 18.7. The van der Waals surface area contributed by atoms with Crippen LogP contribution in [0.5, 0.6) is 0 Å². The third-order valence-electron chi connectivity index (χ3n) is 6.52. The van der Waals surface area contributed by atoms with Gasteiger partial charge in [0.2, 0.25) is 0 Å². The highest BCUT2D eigenvalue weighted by Crippen LogP contribution is 2.54. The van der Waals surface area contributed by atoms with Gasteiger partial charge in [0.25, 0.3) is 0 Å². The van der Waals surface area contributed by atoms with Crippen molar-refractivity contribution >= 4 is 5.97 Å².